The van der Waals surface area contributed by atoms with E-state index in [1.165, 1.54) is 4.90 Å². The van der Waals surface area contributed by atoms with Crippen LogP contribution in [0, 0.1) is 5.92 Å². The van der Waals surface area contributed by atoms with E-state index >= 15 is 0 Å². The van der Waals surface area contributed by atoms with Crippen LogP contribution in [0.15, 0.2) is 0 Å². The largest absolute Gasteiger partial charge is 0.395 e. The van der Waals surface area contributed by atoms with Crippen LogP contribution >= 0.6 is 0 Å². The summed E-state index contributed by atoms with van der Waals surface area (Å²) < 4.78 is 0. The maximum absolute atomic E-state index is 12.4. The summed E-state index contributed by atoms with van der Waals surface area (Å²) in [6.07, 6.45) is 0.501. The van der Waals surface area contributed by atoms with E-state index in [9.17, 15) is 9.59 Å². The molecule has 8 nitrogen and oxygen atoms in total. The van der Waals surface area contributed by atoms with E-state index in [1.807, 2.05) is 0 Å². The molecule has 0 aliphatic heterocycles. The van der Waals surface area contributed by atoms with Crippen molar-refractivity contribution in [2.75, 3.05) is 59.2 Å². The molecular weight excluding hydrogens is 304 g/mol. The lowest BCUT2D eigenvalue weighted by Crippen LogP contribution is -2.43. The third-order valence-electron chi connectivity index (χ3n) is 3.65. The zero-order valence-corrected chi connectivity index (χ0v) is 13.9. The van der Waals surface area contributed by atoms with E-state index < -0.39 is 5.92 Å². The molecule has 1 atom stereocenters. The van der Waals surface area contributed by atoms with Crippen molar-refractivity contribution >= 4 is 11.7 Å². The minimum absolute atomic E-state index is 0.0644. The van der Waals surface area contributed by atoms with Gasteiger partial charge in [0.05, 0.1) is 32.3 Å². The lowest BCUT2D eigenvalue weighted by Gasteiger charge is -2.26. The van der Waals surface area contributed by atoms with Crippen molar-refractivity contribution in [1.82, 2.24) is 9.80 Å². The summed E-state index contributed by atoms with van der Waals surface area (Å²) in [7, 11) is 0. The summed E-state index contributed by atoms with van der Waals surface area (Å²) in [5.74, 6) is -1.38. The molecule has 0 rings (SSSR count). The van der Waals surface area contributed by atoms with E-state index in [-0.39, 0.29) is 57.6 Å². The van der Waals surface area contributed by atoms with Crippen LogP contribution in [0.2, 0.25) is 0 Å². The number of carbonyl (C=O) groups excluding carboxylic acids is 2. The molecule has 1 amide bonds. The van der Waals surface area contributed by atoms with Gasteiger partial charge in [0, 0.05) is 39.1 Å². The summed E-state index contributed by atoms with van der Waals surface area (Å²) >= 11 is 0. The quantitative estimate of drug-likeness (QED) is 0.273. The molecule has 0 heterocycles. The Kier molecular flexibility index (Phi) is 12.8. The number of hydrogen-bond donors (Lipinski definition) is 4. The fraction of sp³-hybridized carbons (Fsp3) is 0.867. The van der Waals surface area contributed by atoms with Crippen molar-refractivity contribution in [3.8, 4) is 0 Å². The van der Waals surface area contributed by atoms with Crippen molar-refractivity contribution in [3.05, 3.63) is 0 Å². The van der Waals surface area contributed by atoms with Gasteiger partial charge in [-0.2, -0.15) is 0 Å². The van der Waals surface area contributed by atoms with Crippen molar-refractivity contribution < 1.29 is 30.0 Å². The first-order valence-electron chi connectivity index (χ1n) is 8.02. The van der Waals surface area contributed by atoms with E-state index in [0.717, 1.165) is 0 Å². The Hall–Kier alpha value is -1.06. The lowest BCUT2D eigenvalue weighted by atomic mass is 9.96. The van der Waals surface area contributed by atoms with Crippen LogP contribution in [-0.2, 0) is 9.59 Å². The van der Waals surface area contributed by atoms with Crippen molar-refractivity contribution in [3.63, 3.8) is 0 Å². The third kappa shape index (κ3) is 8.38. The summed E-state index contributed by atoms with van der Waals surface area (Å²) in [4.78, 5) is 27.8. The normalized spacial score (nSPS) is 12.4. The van der Waals surface area contributed by atoms with Gasteiger partial charge in [0.2, 0.25) is 5.91 Å². The highest BCUT2D eigenvalue weighted by atomic mass is 16.3. The molecule has 0 fully saturated rings. The molecule has 0 spiro atoms. The molecule has 0 bridgehead atoms. The smallest absolute Gasteiger partial charge is 0.233 e. The fourth-order valence-electron chi connectivity index (χ4n) is 2.39. The monoisotopic (exact) mass is 334 g/mol. The number of amides is 1. The number of aliphatic hydroxyl groups is 4. The molecule has 0 saturated heterocycles. The Bertz CT molecular complexity index is 328. The lowest BCUT2D eigenvalue weighted by molar-refractivity contribution is -0.142. The zero-order chi connectivity index (χ0) is 17.7. The molecule has 136 valence electrons. The molecule has 0 aromatic carbocycles. The van der Waals surface area contributed by atoms with Gasteiger partial charge in [-0.3, -0.25) is 14.5 Å². The number of ketones is 1. The van der Waals surface area contributed by atoms with Crippen LogP contribution in [0.3, 0.4) is 0 Å². The van der Waals surface area contributed by atoms with Gasteiger partial charge in [-0.15, -0.1) is 0 Å². The van der Waals surface area contributed by atoms with Gasteiger partial charge in [0.25, 0.3) is 0 Å². The predicted molar refractivity (Wildman–Crippen MR) is 84.8 cm³/mol. The molecule has 0 aromatic rings. The van der Waals surface area contributed by atoms with Crippen molar-refractivity contribution in [1.29, 1.82) is 0 Å². The van der Waals surface area contributed by atoms with Crippen LogP contribution < -0.4 is 0 Å². The minimum atomic E-state index is -0.793. The van der Waals surface area contributed by atoms with Crippen LogP contribution in [0.5, 0.6) is 0 Å². The third-order valence-corrected chi connectivity index (χ3v) is 3.65. The first-order valence-corrected chi connectivity index (χ1v) is 8.02. The summed E-state index contributed by atoms with van der Waals surface area (Å²) in [6, 6.07) is 0. The molecule has 0 radical (unpaired) electrons. The average molecular weight is 334 g/mol. The number of Topliss-reactive ketones (excluding diaryl/α,β-unsaturated/α-hetero) is 1. The number of rotatable bonds is 14. The second-order valence-corrected chi connectivity index (χ2v) is 5.24. The van der Waals surface area contributed by atoms with Gasteiger partial charge in [-0.1, -0.05) is 6.92 Å². The molecule has 4 N–H and O–H groups in total. The summed E-state index contributed by atoms with van der Waals surface area (Å²) in [5, 5.41) is 35.9. The summed E-state index contributed by atoms with van der Waals surface area (Å²) in [6.45, 7) is 2.43. The van der Waals surface area contributed by atoms with Crippen LogP contribution in [0.4, 0.5) is 0 Å². The molecule has 8 heteroatoms. The van der Waals surface area contributed by atoms with Crippen molar-refractivity contribution in [2.45, 2.75) is 19.8 Å². The Labute approximate surface area is 137 Å². The van der Waals surface area contributed by atoms with Crippen LogP contribution in [0.1, 0.15) is 19.8 Å². The Morgan fingerprint density at radius 3 is 1.70 bits per heavy atom. The SMILES string of the molecule is CC[C@H](C(=O)CCN(CCO)CCO)C(=O)N(CCO)CCO. The fourth-order valence-corrected chi connectivity index (χ4v) is 2.39. The van der Waals surface area contributed by atoms with Gasteiger partial charge < -0.3 is 25.3 Å². The molecule has 0 unspecified atom stereocenters. The molecule has 23 heavy (non-hydrogen) atoms. The Morgan fingerprint density at radius 2 is 1.30 bits per heavy atom. The first-order chi connectivity index (χ1) is 11.0. The molecule has 0 aliphatic carbocycles. The van der Waals surface area contributed by atoms with Gasteiger partial charge in [0.1, 0.15) is 5.78 Å². The second kappa shape index (κ2) is 13.4. The second-order valence-electron chi connectivity index (χ2n) is 5.24. The Balaban J connectivity index is 4.67. The topological polar surface area (TPSA) is 122 Å². The highest BCUT2D eigenvalue weighted by molar-refractivity contribution is 6.01. The summed E-state index contributed by atoms with van der Waals surface area (Å²) in [5.41, 5.74) is 0. The minimum Gasteiger partial charge on any atom is -0.395 e. The molecule has 0 aromatic heterocycles. The highest BCUT2D eigenvalue weighted by Gasteiger charge is 2.28. The first kappa shape index (κ1) is 21.9. The maximum atomic E-state index is 12.4. The van der Waals surface area contributed by atoms with E-state index in [4.69, 9.17) is 20.4 Å². The standard InChI is InChI=1S/C15H30N2O6/c1-2-13(15(23)17(7-11-20)8-12-21)14(22)3-4-16(5-9-18)6-10-19/h13,18-21H,2-12H2,1H3/t13-/m1/s1. The van der Waals surface area contributed by atoms with E-state index in [2.05, 4.69) is 0 Å². The van der Waals surface area contributed by atoms with Gasteiger partial charge in [-0.05, 0) is 6.42 Å². The van der Waals surface area contributed by atoms with Gasteiger partial charge >= 0.3 is 0 Å². The van der Waals surface area contributed by atoms with E-state index in [1.54, 1.807) is 11.8 Å². The van der Waals surface area contributed by atoms with Crippen molar-refractivity contribution in [2.24, 2.45) is 5.92 Å². The molecule has 0 aliphatic rings. The average Bonchev–Trinajstić information content (AvgIpc) is 2.53. The van der Waals surface area contributed by atoms with E-state index in [0.29, 0.717) is 26.1 Å². The molecule has 0 saturated carbocycles. The number of aliphatic hydroxyl groups excluding tert-OH is 4. The number of nitrogens with zero attached hydrogens (tertiary/aromatic N) is 2. The zero-order valence-electron chi connectivity index (χ0n) is 13.9. The van der Waals surface area contributed by atoms with Crippen LogP contribution in [-0.4, -0.2) is 101 Å². The predicted octanol–water partition coefficient (Wildman–Crippen LogP) is -1.93. The number of hydrogen-bond acceptors (Lipinski definition) is 7. The number of carbonyl (C=O) groups is 2. The van der Waals surface area contributed by atoms with Gasteiger partial charge in [0.15, 0.2) is 0 Å². The highest BCUT2D eigenvalue weighted by Crippen LogP contribution is 2.12. The molecular formula is C15H30N2O6. The Morgan fingerprint density at radius 1 is 0.826 bits per heavy atom. The van der Waals surface area contributed by atoms with Gasteiger partial charge in [-0.25, -0.2) is 0 Å². The maximum Gasteiger partial charge on any atom is 0.233 e. The van der Waals surface area contributed by atoms with Crippen LogP contribution in [0.25, 0.3) is 0 Å².